The van der Waals surface area contributed by atoms with Gasteiger partial charge >= 0.3 is 5.97 Å². The minimum absolute atomic E-state index is 0.0535. The van der Waals surface area contributed by atoms with Crippen LogP contribution in [0.25, 0.3) is 0 Å². The SMILES string of the molecule is COc1ccc(C(C)(C)C(=O)NCC(C)(C)C(=O)O)cc1OC. The van der Waals surface area contributed by atoms with Gasteiger partial charge in [-0.2, -0.15) is 0 Å². The van der Waals surface area contributed by atoms with Gasteiger partial charge in [0.2, 0.25) is 5.91 Å². The molecule has 6 heteroatoms. The molecule has 0 aliphatic carbocycles. The Kier molecular flexibility index (Phi) is 5.64. The lowest BCUT2D eigenvalue weighted by atomic mass is 9.83. The summed E-state index contributed by atoms with van der Waals surface area (Å²) < 4.78 is 10.5. The molecule has 0 heterocycles. The molecule has 0 spiro atoms. The number of carbonyl (C=O) groups excluding carboxylic acids is 1. The van der Waals surface area contributed by atoms with Gasteiger partial charge in [0.1, 0.15) is 0 Å². The third-order valence-electron chi connectivity index (χ3n) is 3.94. The summed E-state index contributed by atoms with van der Waals surface area (Å²) in [4.78, 5) is 23.6. The van der Waals surface area contributed by atoms with Crippen molar-refractivity contribution in [3.05, 3.63) is 23.8 Å². The third-order valence-corrected chi connectivity index (χ3v) is 3.94. The van der Waals surface area contributed by atoms with Crippen LogP contribution in [0.4, 0.5) is 0 Å². The molecule has 0 aliphatic heterocycles. The van der Waals surface area contributed by atoms with Crippen LogP contribution in [-0.2, 0) is 15.0 Å². The number of nitrogens with one attached hydrogen (secondary N) is 1. The van der Waals surface area contributed by atoms with Crippen LogP contribution in [0.1, 0.15) is 33.3 Å². The van der Waals surface area contributed by atoms with Crippen molar-refractivity contribution in [3.8, 4) is 11.5 Å². The highest BCUT2D eigenvalue weighted by atomic mass is 16.5. The predicted molar refractivity (Wildman–Crippen MR) is 87.0 cm³/mol. The molecule has 1 rings (SSSR count). The van der Waals surface area contributed by atoms with Crippen LogP contribution in [0.3, 0.4) is 0 Å². The summed E-state index contributed by atoms with van der Waals surface area (Å²) >= 11 is 0. The quantitative estimate of drug-likeness (QED) is 0.803. The first-order chi connectivity index (χ1) is 10.6. The molecule has 23 heavy (non-hydrogen) atoms. The van der Waals surface area contributed by atoms with Gasteiger partial charge in [-0.25, -0.2) is 0 Å². The third kappa shape index (κ3) is 4.15. The molecular formula is C17H25NO5. The average molecular weight is 323 g/mol. The minimum Gasteiger partial charge on any atom is -0.493 e. The van der Waals surface area contributed by atoms with E-state index in [2.05, 4.69) is 5.32 Å². The fourth-order valence-corrected chi connectivity index (χ4v) is 1.95. The largest absolute Gasteiger partial charge is 0.493 e. The summed E-state index contributed by atoms with van der Waals surface area (Å²) in [5, 5.41) is 11.8. The number of rotatable bonds is 7. The molecule has 0 aromatic heterocycles. The van der Waals surface area contributed by atoms with Gasteiger partial charge in [0, 0.05) is 6.54 Å². The number of hydrogen-bond donors (Lipinski definition) is 2. The van der Waals surface area contributed by atoms with Crippen LogP contribution < -0.4 is 14.8 Å². The average Bonchev–Trinajstić information content (AvgIpc) is 2.51. The van der Waals surface area contributed by atoms with Gasteiger partial charge in [-0.05, 0) is 45.4 Å². The molecule has 2 N–H and O–H groups in total. The highest BCUT2D eigenvalue weighted by molar-refractivity contribution is 5.88. The van der Waals surface area contributed by atoms with Crippen LogP contribution in [0.15, 0.2) is 18.2 Å². The van der Waals surface area contributed by atoms with E-state index in [4.69, 9.17) is 14.6 Å². The highest BCUT2D eigenvalue weighted by Crippen LogP contribution is 2.33. The lowest BCUT2D eigenvalue weighted by Gasteiger charge is -2.27. The number of carbonyl (C=O) groups is 2. The molecule has 1 aromatic rings. The Labute approximate surface area is 136 Å². The zero-order valence-electron chi connectivity index (χ0n) is 14.5. The Balaban J connectivity index is 2.97. The summed E-state index contributed by atoms with van der Waals surface area (Å²) in [6.45, 7) is 6.74. The van der Waals surface area contributed by atoms with E-state index in [1.807, 2.05) is 0 Å². The van der Waals surface area contributed by atoms with Gasteiger partial charge in [-0.1, -0.05) is 6.07 Å². The topological polar surface area (TPSA) is 84.9 Å². The fraction of sp³-hybridized carbons (Fsp3) is 0.529. The molecule has 0 radical (unpaired) electrons. The molecule has 0 saturated carbocycles. The zero-order chi connectivity index (χ0) is 17.8. The van der Waals surface area contributed by atoms with E-state index in [1.165, 1.54) is 7.11 Å². The van der Waals surface area contributed by atoms with Crippen LogP contribution in [0.2, 0.25) is 0 Å². The second kappa shape index (κ2) is 6.89. The van der Waals surface area contributed by atoms with Crippen molar-refractivity contribution in [3.63, 3.8) is 0 Å². The van der Waals surface area contributed by atoms with Crippen molar-refractivity contribution in [1.82, 2.24) is 5.32 Å². The van der Waals surface area contributed by atoms with E-state index in [0.717, 1.165) is 5.56 Å². The van der Waals surface area contributed by atoms with E-state index < -0.39 is 16.8 Å². The lowest BCUT2D eigenvalue weighted by Crippen LogP contribution is -2.45. The standard InChI is InChI=1S/C17H25NO5/c1-16(2,15(20)21)10-18-14(19)17(3,4)11-7-8-12(22-5)13(9-11)23-6/h7-9H,10H2,1-6H3,(H,18,19)(H,20,21). The van der Waals surface area contributed by atoms with Gasteiger partial charge in [-0.3, -0.25) is 9.59 Å². The second-order valence-electron chi connectivity index (χ2n) is 6.57. The number of amides is 1. The minimum atomic E-state index is -1.02. The predicted octanol–water partition coefficient (Wildman–Crippen LogP) is 2.21. The summed E-state index contributed by atoms with van der Waals surface area (Å²) in [6.07, 6.45) is 0. The molecule has 1 aromatic carbocycles. The number of carboxylic acids is 1. The second-order valence-corrected chi connectivity index (χ2v) is 6.57. The number of ether oxygens (including phenoxy) is 2. The number of aliphatic carboxylic acids is 1. The fourth-order valence-electron chi connectivity index (χ4n) is 1.95. The lowest BCUT2D eigenvalue weighted by molar-refractivity contribution is -0.146. The van der Waals surface area contributed by atoms with Crippen molar-refractivity contribution >= 4 is 11.9 Å². The van der Waals surface area contributed by atoms with Gasteiger partial charge < -0.3 is 19.9 Å². The molecule has 0 saturated heterocycles. The summed E-state index contributed by atoms with van der Waals surface area (Å²) in [5.41, 5.74) is -1.11. The first-order valence-corrected chi connectivity index (χ1v) is 7.30. The monoisotopic (exact) mass is 323 g/mol. The van der Waals surface area contributed by atoms with E-state index in [9.17, 15) is 9.59 Å². The van der Waals surface area contributed by atoms with Gasteiger partial charge in [0.25, 0.3) is 0 Å². The van der Waals surface area contributed by atoms with E-state index in [1.54, 1.807) is 53.0 Å². The maximum Gasteiger partial charge on any atom is 0.310 e. The van der Waals surface area contributed by atoms with Crippen LogP contribution >= 0.6 is 0 Å². The van der Waals surface area contributed by atoms with E-state index >= 15 is 0 Å². The molecule has 6 nitrogen and oxygen atoms in total. The molecular weight excluding hydrogens is 298 g/mol. The van der Waals surface area contributed by atoms with Gasteiger partial charge in [0.05, 0.1) is 25.0 Å². The van der Waals surface area contributed by atoms with Crippen LogP contribution in [-0.4, -0.2) is 37.7 Å². The summed E-state index contributed by atoms with van der Waals surface area (Å²) in [5.74, 6) is -0.0861. The maximum absolute atomic E-state index is 12.5. The van der Waals surface area contributed by atoms with Gasteiger partial charge in [0.15, 0.2) is 11.5 Å². The van der Waals surface area contributed by atoms with Crippen molar-refractivity contribution in [2.24, 2.45) is 5.41 Å². The van der Waals surface area contributed by atoms with Crippen molar-refractivity contribution in [2.75, 3.05) is 20.8 Å². The maximum atomic E-state index is 12.5. The van der Waals surface area contributed by atoms with Crippen LogP contribution in [0.5, 0.6) is 11.5 Å². The smallest absolute Gasteiger partial charge is 0.310 e. The Bertz CT molecular complexity index is 593. The van der Waals surface area contributed by atoms with E-state index in [-0.39, 0.29) is 12.5 Å². The van der Waals surface area contributed by atoms with Crippen molar-refractivity contribution in [1.29, 1.82) is 0 Å². The molecule has 0 atom stereocenters. The Morgan fingerprint density at radius 2 is 1.65 bits per heavy atom. The Morgan fingerprint density at radius 3 is 2.13 bits per heavy atom. The van der Waals surface area contributed by atoms with Crippen LogP contribution in [0, 0.1) is 5.41 Å². The Morgan fingerprint density at radius 1 is 1.09 bits per heavy atom. The zero-order valence-corrected chi connectivity index (χ0v) is 14.5. The molecule has 1 amide bonds. The summed E-state index contributed by atoms with van der Waals surface area (Å²) in [6, 6.07) is 5.29. The van der Waals surface area contributed by atoms with Gasteiger partial charge in [-0.15, -0.1) is 0 Å². The van der Waals surface area contributed by atoms with Crippen molar-refractivity contribution in [2.45, 2.75) is 33.1 Å². The number of benzene rings is 1. The number of hydrogen-bond acceptors (Lipinski definition) is 4. The number of methoxy groups -OCH3 is 2. The molecule has 0 unspecified atom stereocenters. The number of carboxylic acid groups (broad SMARTS) is 1. The normalized spacial score (nSPS) is 11.7. The first kappa shape index (κ1) is 18.8. The molecule has 0 fully saturated rings. The molecule has 128 valence electrons. The molecule has 0 aliphatic rings. The Hall–Kier alpha value is -2.24. The van der Waals surface area contributed by atoms with E-state index in [0.29, 0.717) is 11.5 Å². The summed E-state index contributed by atoms with van der Waals surface area (Å²) in [7, 11) is 3.08. The molecule has 0 bridgehead atoms. The first-order valence-electron chi connectivity index (χ1n) is 7.30. The van der Waals surface area contributed by atoms with Crippen molar-refractivity contribution < 1.29 is 24.2 Å². The highest BCUT2D eigenvalue weighted by Gasteiger charge is 2.34.